The average Bonchev–Trinajstić information content (AvgIpc) is 3.25. The largest absolute Gasteiger partial charge is 0.478 e. The fraction of sp³-hybridized carbons (Fsp3) is 0.172. The number of nitrogens with zero attached hydrogens (tertiary/aromatic N) is 1. The second-order valence-electron chi connectivity index (χ2n) is 8.84. The molecule has 1 saturated carbocycles. The first-order chi connectivity index (χ1) is 16.5. The van der Waals surface area contributed by atoms with Crippen LogP contribution in [0.15, 0.2) is 72.9 Å². The van der Waals surface area contributed by atoms with Gasteiger partial charge in [0.05, 0.1) is 11.7 Å². The molecule has 1 heterocycles. The predicted octanol–water partition coefficient (Wildman–Crippen LogP) is 6.87. The van der Waals surface area contributed by atoms with Crippen molar-refractivity contribution in [2.45, 2.75) is 26.2 Å². The summed E-state index contributed by atoms with van der Waals surface area (Å²) in [6.45, 7) is 1.97. The molecule has 1 aromatic heterocycles. The first-order valence-electron chi connectivity index (χ1n) is 11.5. The highest BCUT2D eigenvalue weighted by molar-refractivity contribution is 6.01. The van der Waals surface area contributed by atoms with Crippen LogP contribution in [0.2, 0.25) is 0 Å². The van der Waals surface area contributed by atoms with Crippen LogP contribution in [0.25, 0.3) is 28.1 Å². The molecule has 2 N–H and O–H groups in total. The first-order valence-corrected chi connectivity index (χ1v) is 11.5. The zero-order chi connectivity index (χ0) is 23.7. The summed E-state index contributed by atoms with van der Waals surface area (Å²) in [5, 5.41) is 17.2. The molecule has 5 rings (SSSR count). The monoisotopic (exact) mass is 452 g/mol. The number of hydrogen-bond acceptors (Lipinski definition) is 2. The normalized spacial score (nSPS) is 14.9. The van der Waals surface area contributed by atoms with Crippen molar-refractivity contribution < 1.29 is 14.3 Å². The number of aromatic amines is 1. The highest BCUT2D eigenvalue weighted by Crippen LogP contribution is 2.46. The number of aliphatic carboxylic acids is 1. The Morgan fingerprint density at radius 2 is 1.82 bits per heavy atom. The van der Waals surface area contributed by atoms with E-state index < -0.39 is 5.97 Å². The number of nitrogens with one attached hydrogen (secondary N) is 1. The molecule has 4 aromatic rings. The molecule has 0 radical (unpaired) electrons. The lowest BCUT2D eigenvalue weighted by molar-refractivity contribution is -0.131. The Labute approximate surface area is 197 Å². The number of carboxylic acid groups (broad SMARTS) is 1. The maximum Gasteiger partial charge on any atom is 0.328 e. The summed E-state index contributed by atoms with van der Waals surface area (Å²) in [5.41, 5.74) is 8.26. The molecule has 170 valence electrons. The number of carboxylic acids is 1. The zero-order valence-corrected chi connectivity index (χ0v) is 18.9. The quantitative estimate of drug-likeness (QED) is 0.248. The third kappa shape index (κ3) is 4.29. The Hall–Kier alpha value is -3.99. The summed E-state index contributed by atoms with van der Waals surface area (Å²) >= 11 is 0. The lowest BCUT2D eigenvalue weighted by Gasteiger charge is -2.32. The van der Waals surface area contributed by atoms with E-state index in [1.807, 2.05) is 49.5 Å². The molecule has 1 aliphatic carbocycles. The Balaban J connectivity index is 1.75. The summed E-state index contributed by atoms with van der Waals surface area (Å²) in [4.78, 5) is 10.9. The van der Waals surface area contributed by atoms with Gasteiger partial charge in [-0.25, -0.2) is 9.18 Å². The maximum atomic E-state index is 14.0. The van der Waals surface area contributed by atoms with Crippen molar-refractivity contribution in [1.29, 1.82) is 0 Å². The number of halogens is 1. The summed E-state index contributed by atoms with van der Waals surface area (Å²) < 4.78 is 14.0. The van der Waals surface area contributed by atoms with Gasteiger partial charge in [-0.2, -0.15) is 5.10 Å². The van der Waals surface area contributed by atoms with Crippen LogP contribution >= 0.6 is 0 Å². The van der Waals surface area contributed by atoms with Crippen LogP contribution in [0.5, 0.6) is 0 Å². The molecule has 0 amide bonds. The third-order valence-electron chi connectivity index (χ3n) is 6.61. The summed E-state index contributed by atoms with van der Waals surface area (Å²) in [6.07, 6.45) is 7.93. The Kier molecular flexibility index (Phi) is 5.84. The van der Waals surface area contributed by atoms with E-state index in [1.54, 1.807) is 12.1 Å². The lowest BCUT2D eigenvalue weighted by atomic mass is 9.72. The minimum atomic E-state index is -0.975. The smallest absolute Gasteiger partial charge is 0.328 e. The van der Waals surface area contributed by atoms with Gasteiger partial charge in [0.2, 0.25) is 0 Å². The van der Waals surface area contributed by atoms with Gasteiger partial charge in [0.1, 0.15) is 5.82 Å². The highest BCUT2D eigenvalue weighted by Gasteiger charge is 2.28. The van der Waals surface area contributed by atoms with Crippen molar-refractivity contribution in [3.8, 4) is 0 Å². The number of carbonyl (C=O) groups is 1. The molecule has 1 fully saturated rings. The van der Waals surface area contributed by atoms with Crippen molar-refractivity contribution in [1.82, 2.24) is 10.2 Å². The second kappa shape index (κ2) is 9.10. The molecule has 0 aliphatic heterocycles. The van der Waals surface area contributed by atoms with Crippen LogP contribution in [0.1, 0.15) is 47.1 Å². The molecule has 5 heteroatoms. The number of H-pyrrole nitrogens is 1. The number of allylic oxidation sites excluding steroid dienone is 1. The number of hydrogen-bond donors (Lipinski definition) is 2. The molecule has 0 spiro atoms. The minimum Gasteiger partial charge on any atom is -0.478 e. The fourth-order valence-corrected chi connectivity index (χ4v) is 4.69. The van der Waals surface area contributed by atoms with E-state index in [0.29, 0.717) is 5.92 Å². The second-order valence-corrected chi connectivity index (χ2v) is 8.84. The highest BCUT2D eigenvalue weighted by atomic mass is 19.1. The molecule has 3 aromatic carbocycles. The van der Waals surface area contributed by atoms with Gasteiger partial charge in [-0.05, 0) is 95.0 Å². The van der Waals surface area contributed by atoms with E-state index in [0.717, 1.165) is 63.2 Å². The van der Waals surface area contributed by atoms with Gasteiger partial charge >= 0.3 is 5.97 Å². The van der Waals surface area contributed by atoms with E-state index >= 15 is 0 Å². The van der Waals surface area contributed by atoms with E-state index in [1.165, 1.54) is 18.1 Å². The maximum absolute atomic E-state index is 14.0. The molecule has 34 heavy (non-hydrogen) atoms. The van der Waals surface area contributed by atoms with Gasteiger partial charge in [-0.15, -0.1) is 0 Å². The van der Waals surface area contributed by atoms with E-state index in [4.69, 9.17) is 5.11 Å². The molecule has 0 unspecified atom stereocenters. The predicted molar refractivity (Wildman–Crippen MR) is 134 cm³/mol. The third-order valence-corrected chi connectivity index (χ3v) is 6.61. The van der Waals surface area contributed by atoms with Crippen LogP contribution in [-0.4, -0.2) is 21.3 Å². The van der Waals surface area contributed by atoms with Crippen LogP contribution in [-0.2, 0) is 4.79 Å². The average molecular weight is 453 g/mol. The van der Waals surface area contributed by atoms with E-state index in [-0.39, 0.29) is 5.82 Å². The van der Waals surface area contributed by atoms with E-state index in [9.17, 15) is 9.18 Å². The van der Waals surface area contributed by atoms with Crippen molar-refractivity contribution in [3.05, 3.63) is 107 Å². The summed E-state index contributed by atoms with van der Waals surface area (Å²) in [7, 11) is 0. The number of aromatic nitrogens is 2. The molecular weight excluding hydrogens is 427 g/mol. The molecule has 4 nitrogen and oxygen atoms in total. The number of benzene rings is 3. The number of aryl methyl sites for hydroxylation is 1. The topological polar surface area (TPSA) is 66.0 Å². The fourth-order valence-electron chi connectivity index (χ4n) is 4.69. The van der Waals surface area contributed by atoms with Gasteiger partial charge in [0.15, 0.2) is 0 Å². The SMILES string of the molecule is Cc1cc(F)ccc1/C(=C(\c1ccc(/C=C/C(=O)O)cc1)c1ccc2[nH]ncc2c1)C1CCC1. The van der Waals surface area contributed by atoms with Gasteiger partial charge in [-0.3, -0.25) is 5.10 Å². The molecule has 0 atom stereocenters. The molecule has 0 saturated heterocycles. The first kappa shape index (κ1) is 21.8. The van der Waals surface area contributed by atoms with Crippen LogP contribution in [0.3, 0.4) is 0 Å². The lowest BCUT2D eigenvalue weighted by Crippen LogP contribution is -2.16. The Bertz CT molecular complexity index is 1430. The van der Waals surface area contributed by atoms with Crippen LogP contribution in [0, 0.1) is 18.7 Å². The van der Waals surface area contributed by atoms with E-state index in [2.05, 4.69) is 22.3 Å². The molecule has 0 bridgehead atoms. The van der Waals surface area contributed by atoms with Crippen LogP contribution < -0.4 is 0 Å². The molecule has 1 aliphatic rings. The zero-order valence-electron chi connectivity index (χ0n) is 18.9. The molecular formula is C29H25FN2O2. The van der Waals surface area contributed by atoms with Crippen molar-refractivity contribution in [2.24, 2.45) is 5.92 Å². The van der Waals surface area contributed by atoms with Crippen molar-refractivity contribution in [2.75, 3.05) is 0 Å². The summed E-state index contributed by atoms with van der Waals surface area (Å²) in [6, 6.07) is 19.3. The summed E-state index contributed by atoms with van der Waals surface area (Å²) in [5.74, 6) is -0.812. The van der Waals surface area contributed by atoms with Crippen LogP contribution in [0.4, 0.5) is 4.39 Å². The van der Waals surface area contributed by atoms with Gasteiger partial charge in [0, 0.05) is 11.5 Å². The number of rotatable bonds is 6. The van der Waals surface area contributed by atoms with Crippen molar-refractivity contribution >= 4 is 34.1 Å². The Morgan fingerprint density at radius 3 is 2.50 bits per heavy atom. The van der Waals surface area contributed by atoms with Crippen molar-refractivity contribution in [3.63, 3.8) is 0 Å². The standard InChI is InChI=1S/C29H25FN2O2/c1-18-15-24(30)11-12-25(18)29(20-3-2-4-20)28(22-10-13-26-23(16-22)17-31-32-26)21-8-5-19(6-9-21)7-14-27(33)34/h5-17,20H,2-4H2,1H3,(H,31,32)(H,33,34)/b14-7+,29-28+. The van der Waals surface area contributed by atoms with Gasteiger partial charge in [-0.1, -0.05) is 42.8 Å². The number of fused-ring (bicyclic) bond motifs is 1. The van der Waals surface area contributed by atoms with Gasteiger partial charge < -0.3 is 5.11 Å². The minimum absolute atomic E-state index is 0.231. The Morgan fingerprint density at radius 1 is 1.06 bits per heavy atom. The van der Waals surface area contributed by atoms with Gasteiger partial charge in [0.25, 0.3) is 0 Å².